The smallest absolute Gasteiger partial charge is 0.340 e. The highest BCUT2D eigenvalue weighted by molar-refractivity contribution is 9.10. The Morgan fingerprint density at radius 3 is 2.37 bits per heavy atom. The summed E-state index contributed by atoms with van der Waals surface area (Å²) < 4.78 is 12.9. The molecular weight excluding hydrogens is 572 g/mol. The largest absolute Gasteiger partial charge is 0.491 e. The minimum Gasteiger partial charge on any atom is -0.491 e. The Hall–Kier alpha value is -3.01. The van der Waals surface area contributed by atoms with E-state index >= 15 is 0 Å². The monoisotopic (exact) mass is 602 g/mol. The molecule has 0 bridgehead atoms. The SMILES string of the molecule is COC(=O)c1cnc(C)cc1Cl.Cc1cc2c(cn1)c(=O)n(C)c1cc(OC[C@@H](N)CC(C)C)c(Br)cc21. The van der Waals surface area contributed by atoms with Crippen molar-refractivity contribution in [3.63, 3.8) is 0 Å². The van der Waals surface area contributed by atoms with Crippen LogP contribution in [-0.2, 0) is 11.8 Å². The number of aromatic nitrogens is 3. The van der Waals surface area contributed by atoms with Crippen molar-refractivity contribution >= 4 is 55.2 Å². The molecule has 2 N–H and O–H groups in total. The van der Waals surface area contributed by atoms with Gasteiger partial charge < -0.3 is 19.8 Å². The summed E-state index contributed by atoms with van der Waals surface area (Å²) in [4.78, 5) is 31.9. The minimum atomic E-state index is -0.465. The summed E-state index contributed by atoms with van der Waals surface area (Å²) in [5, 5.41) is 2.87. The molecule has 202 valence electrons. The predicted octanol–water partition coefficient (Wildman–Crippen LogP) is 5.74. The summed E-state index contributed by atoms with van der Waals surface area (Å²) >= 11 is 9.36. The van der Waals surface area contributed by atoms with Crippen molar-refractivity contribution in [1.82, 2.24) is 14.5 Å². The molecule has 3 aromatic heterocycles. The molecule has 0 aliphatic heterocycles. The van der Waals surface area contributed by atoms with Gasteiger partial charge in [0.15, 0.2) is 0 Å². The van der Waals surface area contributed by atoms with Crippen molar-refractivity contribution < 1.29 is 14.3 Å². The van der Waals surface area contributed by atoms with Crippen LogP contribution < -0.4 is 16.0 Å². The Kier molecular flexibility index (Phi) is 9.87. The number of pyridine rings is 3. The molecule has 0 saturated carbocycles. The number of fused-ring (bicyclic) bond motifs is 3. The standard InChI is InChI=1S/C20H24BrN3O2.C8H8ClNO2/c1-11(2)5-13(22)10-26-19-8-18-15(7-17(19)21)14-6-12(3)23-9-16(14)20(25)24(18)4;1-5-3-7(9)6(4-10-5)8(11)12-2/h6-9,11,13H,5,10,22H2,1-4H3;3-4H,1-2H3/t13-;/m0./s1. The number of aryl methyl sites for hydroxylation is 3. The maximum absolute atomic E-state index is 12.7. The Morgan fingerprint density at radius 1 is 1.08 bits per heavy atom. The van der Waals surface area contributed by atoms with Crippen LogP contribution >= 0.6 is 27.5 Å². The van der Waals surface area contributed by atoms with Gasteiger partial charge in [-0.1, -0.05) is 25.4 Å². The summed E-state index contributed by atoms with van der Waals surface area (Å²) in [6, 6.07) is 7.45. The molecule has 0 aliphatic carbocycles. The second-order valence-corrected chi connectivity index (χ2v) is 10.8. The summed E-state index contributed by atoms with van der Waals surface area (Å²) in [7, 11) is 3.07. The lowest BCUT2D eigenvalue weighted by molar-refractivity contribution is 0.0600. The highest BCUT2D eigenvalue weighted by atomic mass is 79.9. The van der Waals surface area contributed by atoms with E-state index in [0.717, 1.165) is 38.6 Å². The second-order valence-electron chi connectivity index (χ2n) is 9.53. The fraction of sp³-hybridized carbons (Fsp3) is 0.357. The van der Waals surface area contributed by atoms with E-state index in [1.54, 1.807) is 30.8 Å². The molecule has 10 heteroatoms. The summed E-state index contributed by atoms with van der Waals surface area (Å²) in [5.41, 5.74) is 8.83. The number of methoxy groups -OCH3 is 1. The van der Waals surface area contributed by atoms with E-state index in [0.29, 0.717) is 34.2 Å². The van der Waals surface area contributed by atoms with Gasteiger partial charge in [0.1, 0.15) is 12.4 Å². The molecule has 4 rings (SSSR count). The summed E-state index contributed by atoms with van der Waals surface area (Å²) in [5.74, 6) is 0.752. The highest BCUT2D eigenvalue weighted by Crippen LogP contribution is 2.33. The number of hydrogen-bond donors (Lipinski definition) is 1. The number of hydrogen-bond acceptors (Lipinski definition) is 7. The zero-order chi connectivity index (χ0) is 28.1. The van der Waals surface area contributed by atoms with Crippen LogP contribution in [0.2, 0.25) is 5.02 Å². The Labute approximate surface area is 235 Å². The van der Waals surface area contributed by atoms with E-state index in [9.17, 15) is 9.59 Å². The first-order valence-corrected chi connectivity index (χ1v) is 13.3. The molecule has 1 atom stereocenters. The van der Waals surface area contributed by atoms with Crippen molar-refractivity contribution in [3.05, 3.63) is 73.5 Å². The molecule has 8 nitrogen and oxygen atoms in total. The van der Waals surface area contributed by atoms with Gasteiger partial charge in [0.2, 0.25) is 0 Å². The van der Waals surface area contributed by atoms with Gasteiger partial charge in [0.25, 0.3) is 5.56 Å². The van der Waals surface area contributed by atoms with Crippen LogP contribution in [0.1, 0.15) is 42.0 Å². The molecule has 0 fully saturated rings. The average molecular weight is 604 g/mol. The maximum atomic E-state index is 12.7. The number of carbonyl (C=O) groups is 1. The molecule has 0 radical (unpaired) electrons. The summed E-state index contributed by atoms with van der Waals surface area (Å²) in [6.07, 6.45) is 3.96. The lowest BCUT2D eigenvalue weighted by Gasteiger charge is -2.17. The van der Waals surface area contributed by atoms with Crippen molar-refractivity contribution in [1.29, 1.82) is 0 Å². The molecule has 38 heavy (non-hydrogen) atoms. The molecule has 0 spiro atoms. The van der Waals surface area contributed by atoms with Crippen LogP contribution in [-0.4, -0.2) is 40.3 Å². The molecule has 4 aromatic rings. The van der Waals surface area contributed by atoms with Gasteiger partial charge in [-0.3, -0.25) is 14.8 Å². The van der Waals surface area contributed by atoms with Gasteiger partial charge in [0, 0.05) is 48.3 Å². The molecule has 0 saturated heterocycles. The number of nitrogens with two attached hydrogens (primary N) is 1. The first kappa shape index (κ1) is 29.5. The first-order valence-electron chi connectivity index (χ1n) is 12.1. The van der Waals surface area contributed by atoms with Gasteiger partial charge >= 0.3 is 5.97 Å². The quantitative estimate of drug-likeness (QED) is 0.221. The average Bonchev–Trinajstić information content (AvgIpc) is 2.86. The number of nitrogens with zero attached hydrogens (tertiary/aromatic N) is 3. The van der Waals surface area contributed by atoms with E-state index in [4.69, 9.17) is 22.1 Å². The van der Waals surface area contributed by atoms with Crippen molar-refractivity contribution in [3.8, 4) is 5.75 Å². The third-order valence-electron chi connectivity index (χ3n) is 5.90. The number of carbonyl (C=O) groups excluding carboxylic acids is 1. The van der Waals surface area contributed by atoms with Crippen LogP contribution in [0.15, 0.2) is 45.9 Å². The van der Waals surface area contributed by atoms with Gasteiger partial charge in [-0.2, -0.15) is 0 Å². The maximum Gasteiger partial charge on any atom is 0.340 e. The Balaban J connectivity index is 0.000000279. The van der Waals surface area contributed by atoms with Crippen LogP contribution in [0, 0.1) is 19.8 Å². The van der Waals surface area contributed by atoms with Crippen LogP contribution in [0.5, 0.6) is 5.75 Å². The Bertz CT molecular complexity index is 1540. The molecule has 3 heterocycles. The van der Waals surface area contributed by atoms with Gasteiger partial charge in [-0.15, -0.1) is 0 Å². The van der Waals surface area contributed by atoms with Gasteiger partial charge in [-0.25, -0.2) is 4.79 Å². The topological polar surface area (TPSA) is 109 Å². The lowest BCUT2D eigenvalue weighted by Crippen LogP contribution is -2.29. The number of esters is 1. The Morgan fingerprint density at radius 2 is 1.74 bits per heavy atom. The van der Waals surface area contributed by atoms with Crippen LogP contribution in [0.3, 0.4) is 0 Å². The molecule has 0 unspecified atom stereocenters. The lowest BCUT2D eigenvalue weighted by atomic mass is 10.1. The van der Waals surface area contributed by atoms with E-state index < -0.39 is 5.97 Å². The summed E-state index contributed by atoms with van der Waals surface area (Å²) in [6.45, 7) is 8.44. The van der Waals surface area contributed by atoms with Gasteiger partial charge in [0.05, 0.1) is 33.1 Å². The van der Waals surface area contributed by atoms with Crippen LogP contribution in [0.4, 0.5) is 0 Å². The zero-order valence-electron chi connectivity index (χ0n) is 22.3. The first-order chi connectivity index (χ1) is 17.9. The zero-order valence-corrected chi connectivity index (χ0v) is 24.7. The number of ether oxygens (including phenoxy) is 2. The number of benzene rings is 1. The molecular formula is C28H32BrClN4O4. The van der Waals surface area contributed by atoms with Crippen LogP contribution in [0.25, 0.3) is 21.7 Å². The van der Waals surface area contributed by atoms with Crippen molar-refractivity contribution in [2.45, 2.75) is 40.2 Å². The van der Waals surface area contributed by atoms with E-state index in [-0.39, 0.29) is 11.6 Å². The van der Waals surface area contributed by atoms with E-state index in [2.05, 4.69) is 44.5 Å². The predicted molar refractivity (Wildman–Crippen MR) is 155 cm³/mol. The fourth-order valence-corrected chi connectivity index (χ4v) is 4.79. The van der Waals surface area contributed by atoms with E-state index in [1.165, 1.54) is 13.3 Å². The molecule has 0 amide bonds. The molecule has 1 aromatic carbocycles. The second kappa shape index (κ2) is 12.7. The van der Waals surface area contributed by atoms with E-state index in [1.807, 2.05) is 25.1 Å². The number of halogens is 2. The third-order valence-corrected chi connectivity index (χ3v) is 6.83. The van der Waals surface area contributed by atoms with Crippen molar-refractivity contribution in [2.24, 2.45) is 18.7 Å². The number of rotatable bonds is 6. The fourth-order valence-electron chi connectivity index (χ4n) is 4.05. The normalized spacial score (nSPS) is 11.8. The van der Waals surface area contributed by atoms with Crippen molar-refractivity contribution in [2.75, 3.05) is 13.7 Å². The highest BCUT2D eigenvalue weighted by Gasteiger charge is 2.14. The minimum absolute atomic E-state index is 0.0215. The molecule has 0 aliphatic rings. The van der Waals surface area contributed by atoms with Gasteiger partial charge in [-0.05, 0) is 65.7 Å². The third kappa shape index (κ3) is 6.89.